The molecule has 1 heterocycles. The van der Waals surface area contributed by atoms with Gasteiger partial charge in [-0.15, -0.1) is 12.4 Å². The first-order valence-corrected chi connectivity index (χ1v) is 8.34. The number of rotatable bonds is 5. The number of nitrogens with zero attached hydrogens (tertiary/aromatic N) is 2. The van der Waals surface area contributed by atoms with Crippen LogP contribution in [0.4, 0.5) is 5.69 Å². The Morgan fingerprint density at radius 2 is 1.69 bits per heavy atom. The summed E-state index contributed by atoms with van der Waals surface area (Å²) in [6, 6.07) is 15.8. The van der Waals surface area contributed by atoms with Gasteiger partial charge < -0.3 is 4.74 Å². The van der Waals surface area contributed by atoms with Crippen LogP contribution >= 0.6 is 12.4 Å². The standard InChI is InChI=1S/C19H20N2O4.ClH/c22-19(15-6-2-1-3-7-15)25-17-10-12-20(13-11-17)14-16-8-4-5-9-18(16)21(23)24;/h1-9,17H,10-14H2;1H. The summed E-state index contributed by atoms with van der Waals surface area (Å²) in [5.41, 5.74) is 1.43. The maximum Gasteiger partial charge on any atom is 0.338 e. The van der Waals surface area contributed by atoms with Crippen LogP contribution in [-0.2, 0) is 11.3 Å². The molecule has 138 valence electrons. The Kier molecular flexibility index (Phi) is 7.12. The molecule has 1 saturated heterocycles. The molecule has 0 amide bonds. The summed E-state index contributed by atoms with van der Waals surface area (Å²) in [6.45, 7) is 2.04. The summed E-state index contributed by atoms with van der Waals surface area (Å²) in [7, 11) is 0. The number of esters is 1. The van der Waals surface area contributed by atoms with Gasteiger partial charge in [0.15, 0.2) is 0 Å². The first kappa shape index (κ1) is 19.9. The molecule has 0 bridgehead atoms. The lowest BCUT2D eigenvalue weighted by Gasteiger charge is -2.31. The smallest absolute Gasteiger partial charge is 0.338 e. The van der Waals surface area contributed by atoms with Gasteiger partial charge in [0.25, 0.3) is 5.69 Å². The second-order valence-corrected chi connectivity index (χ2v) is 6.13. The van der Waals surface area contributed by atoms with Crippen LogP contribution in [0, 0.1) is 10.1 Å². The second-order valence-electron chi connectivity index (χ2n) is 6.13. The molecule has 0 unspecified atom stereocenters. The van der Waals surface area contributed by atoms with Crippen molar-refractivity contribution in [3.8, 4) is 0 Å². The third kappa shape index (κ3) is 5.03. The van der Waals surface area contributed by atoms with Crippen molar-refractivity contribution < 1.29 is 14.5 Å². The fourth-order valence-corrected chi connectivity index (χ4v) is 3.04. The van der Waals surface area contributed by atoms with Gasteiger partial charge in [-0.1, -0.05) is 36.4 Å². The van der Waals surface area contributed by atoms with Crippen LogP contribution in [0.2, 0.25) is 0 Å². The van der Waals surface area contributed by atoms with E-state index in [0.717, 1.165) is 25.9 Å². The quantitative estimate of drug-likeness (QED) is 0.450. The zero-order chi connectivity index (χ0) is 17.6. The number of hydrogen-bond donors (Lipinski definition) is 0. The van der Waals surface area contributed by atoms with Crippen LogP contribution in [-0.4, -0.2) is 35.0 Å². The number of hydrogen-bond acceptors (Lipinski definition) is 5. The molecule has 0 atom stereocenters. The number of piperidine rings is 1. The summed E-state index contributed by atoms with van der Waals surface area (Å²) < 4.78 is 5.56. The Morgan fingerprint density at radius 3 is 2.35 bits per heavy atom. The van der Waals surface area contributed by atoms with E-state index in [0.29, 0.717) is 17.7 Å². The van der Waals surface area contributed by atoms with Crippen LogP contribution in [0.3, 0.4) is 0 Å². The zero-order valence-electron chi connectivity index (χ0n) is 14.2. The van der Waals surface area contributed by atoms with E-state index in [1.54, 1.807) is 24.3 Å². The minimum atomic E-state index is -0.344. The largest absolute Gasteiger partial charge is 0.459 e. The van der Waals surface area contributed by atoms with Crippen molar-refractivity contribution in [1.29, 1.82) is 0 Å². The van der Waals surface area contributed by atoms with Gasteiger partial charge in [0, 0.05) is 31.3 Å². The number of carbonyl (C=O) groups excluding carboxylic acids is 1. The van der Waals surface area contributed by atoms with Crippen molar-refractivity contribution in [2.75, 3.05) is 13.1 Å². The lowest BCUT2D eigenvalue weighted by molar-refractivity contribution is -0.385. The Labute approximate surface area is 158 Å². The molecule has 0 aromatic heterocycles. The molecule has 26 heavy (non-hydrogen) atoms. The second kappa shape index (κ2) is 9.31. The van der Waals surface area contributed by atoms with Crippen LogP contribution in [0.25, 0.3) is 0 Å². The van der Waals surface area contributed by atoms with Gasteiger partial charge in [0.05, 0.1) is 10.5 Å². The molecule has 1 aliphatic heterocycles. The van der Waals surface area contributed by atoms with Crippen molar-refractivity contribution in [2.45, 2.75) is 25.5 Å². The van der Waals surface area contributed by atoms with E-state index in [1.807, 2.05) is 24.3 Å². The van der Waals surface area contributed by atoms with Crippen molar-refractivity contribution in [3.05, 3.63) is 75.8 Å². The van der Waals surface area contributed by atoms with E-state index in [4.69, 9.17) is 4.74 Å². The number of benzene rings is 2. The highest BCUT2D eigenvalue weighted by atomic mass is 35.5. The van der Waals surface area contributed by atoms with Crippen LogP contribution in [0.15, 0.2) is 54.6 Å². The third-order valence-electron chi connectivity index (χ3n) is 4.40. The maximum absolute atomic E-state index is 12.1. The topological polar surface area (TPSA) is 72.7 Å². The molecule has 2 aromatic rings. The van der Waals surface area contributed by atoms with Gasteiger partial charge >= 0.3 is 5.97 Å². The van der Waals surface area contributed by atoms with E-state index in [-0.39, 0.29) is 35.1 Å². The first-order chi connectivity index (χ1) is 12.1. The van der Waals surface area contributed by atoms with Gasteiger partial charge in [-0.3, -0.25) is 15.0 Å². The molecule has 0 radical (unpaired) electrons. The van der Waals surface area contributed by atoms with Crippen molar-refractivity contribution >= 4 is 24.1 Å². The molecular weight excluding hydrogens is 356 g/mol. The Bertz CT molecular complexity index is 746. The van der Waals surface area contributed by atoms with Crippen LogP contribution < -0.4 is 0 Å². The Hall–Kier alpha value is -2.44. The van der Waals surface area contributed by atoms with Crippen molar-refractivity contribution in [1.82, 2.24) is 4.90 Å². The number of ether oxygens (including phenoxy) is 1. The highest BCUT2D eigenvalue weighted by molar-refractivity contribution is 5.89. The molecule has 3 rings (SSSR count). The summed E-state index contributed by atoms with van der Waals surface area (Å²) in [4.78, 5) is 25.0. The van der Waals surface area contributed by atoms with Gasteiger partial charge in [-0.2, -0.15) is 0 Å². The molecule has 6 nitrogen and oxygen atoms in total. The highest BCUT2D eigenvalue weighted by Crippen LogP contribution is 2.22. The summed E-state index contributed by atoms with van der Waals surface area (Å²) in [6.07, 6.45) is 1.37. The van der Waals surface area contributed by atoms with E-state index < -0.39 is 0 Å². The number of nitro benzene ring substituents is 1. The normalized spacial score (nSPS) is 15.1. The SMILES string of the molecule is Cl.O=C(OC1CCN(Cc2ccccc2[N+](=O)[O-])CC1)c1ccccc1. The average molecular weight is 377 g/mol. The van der Waals surface area contributed by atoms with Gasteiger partial charge in [0.1, 0.15) is 6.10 Å². The van der Waals surface area contributed by atoms with Crippen molar-refractivity contribution in [2.24, 2.45) is 0 Å². The molecule has 0 N–H and O–H groups in total. The summed E-state index contributed by atoms with van der Waals surface area (Å²) >= 11 is 0. The maximum atomic E-state index is 12.1. The fourth-order valence-electron chi connectivity index (χ4n) is 3.04. The minimum Gasteiger partial charge on any atom is -0.459 e. The lowest BCUT2D eigenvalue weighted by atomic mass is 10.1. The summed E-state index contributed by atoms with van der Waals surface area (Å²) in [5.74, 6) is -0.294. The molecule has 0 saturated carbocycles. The van der Waals surface area contributed by atoms with E-state index in [1.165, 1.54) is 6.07 Å². The first-order valence-electron chi connectivity index (χ1n) is 8.34. The van der Waals surface area contributed by atoms with Crippen molar-refractivity contribution in [3.63, 3.8) is 0 Å². The molecule has 0 aliphatic carbocycles. The Morgan fingerprint density at radius 1 is 1.08 bits per heavy atom. The fraction of sp³-hybridized carbons (Fsp3) is 0.316. The molecule has 7 heteroatoms. The summed E-state index contributed by atoms with van der Waals surface area (Å²) in [5, 5.41) is 11.1. The van der Waals surface area contributed by atoms with E-state index in [2.05, 4.69) is 4.90 Å². The third-order valence-corrected chi connectivity index (χ3v) is 4.40. The number of nitro groups is 1. The molecule has 0 spiro atoms. The number of halogens is 1. The van der Waals surface area contributed by atoms with E-state index in [9.17, 15) is 14.9 Å². The molecule has 1 fully saturated rings. The van der Waals surface area contributed by atoms with Crippen LogP contribution in [0.5, 0.6) is 0 Å². The number of likely N-dealkylation sites (tertiary alicyclic amines) is 1. The predicted octanol–water partition coefficient (Wildman–Crippen LogP) is 3.84. The number of carbonyl (C=O) groups is 1. The van der Waals surface area contributed by atoms with E-state index >= 15 is 0 Å². The van der Waals surface area contributed by atoms with Gasteiger partial charge in [0.2, 0.25) is 0 Å². The molecule has 2 aromatic carbocycles. The monoisotopic (exact) mass is 376 g/mol. The number of para-hydroxylation sites is 1. The minimum absolute atomic E-state index is 0. The van der Waals surface area contributed by atoms with Gasteiger partial charge in [-0.05, 0) is 25.0 Å². The zero-order valence-corrected chi connectivity index (χ0v) is 15.1. The Balaban J connectivity index is 0.00000243. The molecular formula is C19H21ClN2O4. The lowest BCUT2D eigenvalue weighted by Crippen LogP contribution is -2.37. The predicted molar refractivity (Wildman–Crippen MR) is 101 cm³/mol. The molecule has 1 aliphatic rings. The van der Waals surface area contributed by atoms with Gasteiger partial charge in [-0.25, -0.2) is 4.79 Å². The highest BCUT2D eigenvalue weighted by Gasteiger charge is 2.24. The van der Waals surface area contributed by atoms with Crippen LogP contribution in [0.1, 0.15) is 28.8 Å². The average Bonchev–Trinajstić information content (AvgIpc) is 2.64.